The van der Waals surface area contributed by atoms with E-state index in [2.05, 4.69) is 39.1 Å². The molecule has 1 atom stereocenters. The van der Waals surface area contributed by atoms with Crippen LogP contribution in [0.25, 0.3) is 0 Å². The predicted molar refractivity (Wildman–Crippen MR) is 49.3 cm³/mol. The molecule has 11 heavy (non-hydrogen) atoms. The van der Waals surface area contributed by atoms with Crippen molar-refractivity contribution in [3.63, 3.8) is 0 Å². The first-order valence-electron chi connectivity index (χ1n) is 4.58. The lowest BCUT2D eigenvalue weighted by Gasteiger charge is -2.18. The van der Waals surface area contributed by atoms with Gasteiger partial charge in [0, 0.05) is 11.7 Å². The molecular weight excluding hydrogens is 134 g/mol. The summed E-state index contributed by atoms with van der Waals surface area (Å²) in [5, 5.41) is 3.55. The van der Waals surface area contributed by atoms with Gasteiger partial charge in [-0.25, -0.2) is 0 Å². The van der Waals surface area contributed by atoms with Crippen LogP contribution < -0.4 is 5.32 Å². The first-order chi connectivity index (χ1) is 5.11. The maximum absolute atomic E-state index is 3.55. The molecule has 1 heterocycles. The second-order valence-electron chi connectivity index (χ2n) is 4.04. The normalized spacial score (nSPS) is 24.2. The monoisotopic (exact) mass is 153 g/mol. The Balaban J connectivity index is 2.43. The van der Waals surface area contributed by atoms with Crippen LogP contribution in [0.15, 0.2) is 11.8 Å². The minimum Gasteiger partial charge on any atom is -0.385 e. The van der Waals surface area contributed by atoms with Gasteiger partial charge in [0.05, 0.1) is 0 Å². The summed E-state index contributed by atoms with van der Waals surface area (Å²) in [6.45, 7) is 9.02. The summed E-state index contributed by atoms with van der Waals surface area (Å²) in [7, 11) is 0. The van der Waals surface area contributed by atoms with Gasteiger partial charge in [0.15, 0.2) is 0 Å². The largest absolute Gasteiger partial charge is 0.385 e. The summed E-state index contributed by atoms with van der Waals surface area (Å²) in [6, 6.07) is 0.687. The zero-order valence-corrected chi connectivity index (χ0v) is 8.02. The van der Waals surface area contributed by atoms with E-state index in [1.54, 1.807) is 0 Å². The van der Waals surface area contributed by atoms with Crippen molar-refractivity contribution in [2.75, 3.05) is 0 Å². The predicted octanol–water partition coefficient (Wildman–Crippen LogP) is 2.54. The fourth-order valence-electron chi connectivity index (χ4n) is 1.43. The number of allylic oxidation sites excluding steroid dienone is 1. The van der Waals surface area contributed by atoms with E-state index in [1.165, 1.54) is 12.1 Å². The third-order valence-electron chi connectivity index (χ3n) is 2.37. The van der Waals surface area contributed by atoms with Gasteiger partial charge in [0.2, 0.25) is 0 Å². The van der Waals surface area contributed by atoms with Crippen molar-refractivity contribution in [3.8, 4) is 0 Å². The minimum atomic E-state index is 0.666. The molecule has 0 aromatic carbocycles. The maximum atomic E-state index is 3.55. The Morgan fingerprint density at radius 1 is 1.36 bits per heavy atom. The van der Waals surface area contributed by atoms with E-state index < -0.39 is 0 Å². The fraction of sp³-hybridized carbons (Fsp3) is 0.800. The second-order valence-corrected chi connectivity index (χ2v) is 4.04. The molecule has 0 amide bonds. The van der Waals surface area contributed by atoms with Crippen LogP contribution in [0.1, 0.15) is 34.1 Å². The Morgan fingerprint density at radius 3 is 2.27 bits per heavy atom. The molecule has 0 fully saturated rings. The third-order valence-corrected chi connectivity index (χ3v) is 2.37. The minimum absolute atomic E-state index is 0.666. The van der Waals surface area contributed by atoms with E-state index in [1.807, 2.05) is 0 Å². The zero-order valence-electron chi connectivity index (χ0n) is 8.02. The van der Waals surface area contributed by atoms with Crippen molar-refractivity contribution in [1.29, 1.82) is 0 Å². The average Bonchev–Trinajstić information content (AvgIpc) is 2.33. The number of hydrogen-bond acceptors (Lipinski definition) is 1. The molecule has 0 spiro atoms. The fourth-order valence-corrected chi connectivity index (χ4v) is 1.43. The van der Waals surface area contributed by atoms with Crippen LogP contribution in [0.5, 0.6) is 0 Å². The van der Waals surface area contributed by atoms with Crippen LogP contribution in [0.2, 0.25) is 0 Å². The molecule has 1 heteroatoms. The molecule has 0 saturated heterocycles. The smallest absolute Gasteiger partial charge is 0.0316 e. The molecule has 0 aromatic rings. The van der Waals surface area contributed by atoms with Gasteiger partial charge in [-0.05, 0) is 18.3 Å². The highest BCUT2D eigenvalue weighted by Gasteiger charge is 2.19. The summed E-state index contributed by atoms with van der Waals surface area (Å²) < 4.78 is 0. The van der Waals surface area contributed by atoms with E-state index in [-0.39, 0.29) is 0 Å². The molecule has 1 nitrogen and oxygen atoms in total. The van der Waals surface area contributed by atoms with Crippen molar-refractivity contribution in [2.24, 2.45) is 11.8 Å². The van der Waals surface area contributed by atoms with E-state index in [0.717, 1.165) is 5.92 Å². The van der Waals surface area contributed by atoms with Gasteiger partial charge < -0.3 is 5.32 Å². The summed E-state index contributed by atoms with van der Waals surface area (Å²) in [4.78, 5) is 0. The van der Waals surface area contributed by atoms with Crippen molar-refractivity contribution in [3.05, 3.63) is 11.8 Å². The maximum Gasteiger partial charge on any atom is 0.0316 e. The molecule has 64 valence electrons. The zero-order chi connectivity index (χ0) is 8.43. The summed E-state index contributed by atoms with van der Waals surface area (Å²) in [5.74, 6) is 1.42. The third kappa shape index (κ3) is 1.98. The van der Waals surface area contributed by atoms with Gasteiger partial charge in [-0.2, -0.15) is 0 Å². The molecular formula is C10H19N. The Kier molecular flexibility index (Phi) is 2.58. The molecule has 1 aliphatic rings. The number of hydrogen-bond donors (Lipinski definition) is 1. The lowest BCUT2D eigenvalue weighted by molar-refractivity contribution is 0.445. The molecule has 0 aliphatic carbocycles. The highest BCUT2D eigenvalue weighted by atomic mass is 15.0. The summed E-state index contributed by atoms with van der Waals surface area (Å²) in [5.41, 5.74) is 1.43. The first-order valence-corrected chi connectivity index (χ1v) is 4.58. The van der Waals surface area contributed by atoms with Crippen LogP contribution in [-0.4, -0.2) is 6.04 Å². The van der Waals surface area contributed by atoms with Gasteiger partial charge in [-0.15, -0.1) is 0 Å². The summed E-state index contributed by atoms with van der Waals surface area (Å²) >= 11 is 0. The molecule has 1 aliphatic heterocycles. The van der Waals surface area contributed by atoms with Gasteiger partial charge in [-0.1, -0.05) is 33.8 Å². The van der Waals surface area contributed by atoms with E-state index in [0.29, 0.717) is 12.0 Å². The van der Waals surface area contributed by atoms with E-state index >= 15 is 0 Å². The quantitative estimate of drug-likeness (QED) is 0.643. The Morgan fingerprint density at radius 2 is 2.00 bits per heavy atom. The lowest BCUT2D eigenvalue weighted by Crippen LogP contribution is -2.29. The van der Waals surface area contributed by atoms with Crippen molar-refractivity contribution in [1.82, 2.24) is 5.32 Å². The molecule has 0 bridgehead atoms. The topological polar surface area (TPSA) is 12.0 Å². The Bertz CT molecular complexity index is 156. The van der Waals surface area contributed by atoms with Gasteiger partial charge in [-0.3, -0.25) is 0 Å². The highest BCUT2D eigenvalue weighted by molar-refractivity contribution is 5.11. The van der Waals surface area contributed by atoms with Crippen LogP contribution in [0.3, 0.4) is 0 Å². The molecule has 0 unspecified atom stereocenters. The standard InChI is InChI=1S/C10H19N/c1-7(2)9-5-6-10(11-9)8(3)4/h5,7-8,10-11H,6H2,1-4H3/t10-/m0/s1. The summed E-state index contributed by atoms with van der Waals surface area (Å²) in [6.07, 6.45) is 3.56. The number of nitrogens with one attached hydrogen (secondary N) is 1. The lowest BCUT2D eigenvalue weighted by atomic mass is 10.0. The first kappa shape index (κ1) is 8.63. The van der Waals surface area contributed by atoms with Gasteiger partial charge in [0.25, 0.3) is 0 Å². The van der Waals surface area contributed by atoms with Gasteiger partial charge in [0.1, 0.15) is 0 Å². The molecule has 1 rings (SSSR count). The molecule has 0 radical (unpaired) electrons. The van der Waals surface area contributed by atoms with Crippen LogP contribution in [-0.2, 0) is 0 Å². The molecule has 0 saturated carbocycles. The van der Waals surface area contributed by atoms with Crippen LogP contribution in [0.4, 0.5) is 0 Å². The van der Waals surface area contributed by atoms with E-state index in [9.17, 15) is 0 Å². The van der Waals surface area contributed by atoms with Crippen molar-refractivity contribution in [2.45, 2.75) is 40.2 Å². The average molecular weight is 153 g/mol. The van der Waals surface area contributed by atoms with Crippen molar-refractivity contribution < 1.29 is 0 Å². The SMILES string of the molecule is CC(C)C1=CC[C@@H](C(C)C)N1. The molecule has 1 N–H and O–H groups in total. The number of rotatable bonds is 2. The molecule has 0 aromatic heterocycles. The Labute approximate surface area is 69.9 Å². The Hall–Kier alpha value is -0.460. The van der Waals surface area contributed by atoms with E-state index in [4.69, 9.17) is 0 Å². The van der Waals surface area contributed by atoms with Crippen LogP contribution in [0, 0.1) is 11.8 Å². The van der Waals surface area contributed by atoms with Crippen molar-refractivity contribution >= 4 is 0 Å². The highest BCUT2D eigenvalue weighted by Crippen LogP contribution is 2.20. The van der Waals surface area contributed by atoms with Gasteiger partial charge >= 0.3 is 0 Å². The second kappa shape index (κ2) is 3.29. The van der Waals surface area contributed by atoms with Crippen LogP contribution >= 0.6 is 0 Å².